The van der Waals surface area contributed by atoms with Gasteiger partial charge < -0.3 is 5.73 Å². The molecule has 0 saturated carbocycles. The maximum Gasteiger partial charge on any atom is 0.130 e. The van der Waals surface area contributed by atoms with Crippen LogP contribution in [0.4, 0.5) is 8.78 Å². The van der Waals surface area contributed by atoms with Gasteiger partial charge in [0, 0.05) is 30.3 Å². The summed E-state index contributed by atoms with van der Waals surface area (Å²) in [6, 6.07) is 3.75. The predicted molar refractivity (Wildman–Crippen MR) is 74.8 cm³/mol. The fourth-order valence-corrected chi connectivity index (χ4v) is 2.59. The zero-order valence-electron chi connectivity index (χ0n) is 12.0. The molecule has 1 rings (SSSR count). The van der Waals surface area contributed by atoms with Crippen molar-refractivity contribution in [3.05, 3.63) is 35.4 Å². The molecule has 0 spiro atoms. The van der Waals surface area contributed by atoms with E-state index >= 15 is 0 Å². The largest absolute Gasteiger partial charge is 0.329 e. The van der Waals surface area contributed by atoms with Gasteiger partial charge in [-0.25, -0.2) is 8.78 Å². The van der Waals surface area contributed by atoms with E-state index in [0.717, 1.165) is 25.5 Å². The topological polar surface area (TPSA) is 29.3 Å². The molecule has 0 amide bonds. The highest BCUT2D eigenvalue weighted by molar-refractivity contribution is 5.19. The van der Waals surface area contributed by atoms with Gasteiger partial charge in [0.05, 0.1) is 0 Å². The van der Waals surface area contributed by atoms with Gasteiger partial charge in [-0.15, -0.1) is 0 Å². The Bertz CT molecular complexity index is 395. The van der Waals surface area contributed by atoms with Gasteiger partial charge in [0.25, 0.3) is 0 Å². The number of benzene rings is 1. The highest BCUT2D eigenvalue weighted by Crippen LogP contribution is 2.25. The monoisotopic (exact) mass is 270 g/mol. The molecule has 2 nitrogen and oxygen atoms in total. The van der Waals surface area contributed by atoms with Crippen molar-refractivity contribution in [1.82, 2.24) is 4.90 Å². The Kier molecular flexibility index (Phi) is 5.88. The molecule has 0 heterocycles. The summed E-state index contributed by atoms with van der Waals surface area (Å²) < 4.78 is 26.7. The Morgan fingerprint density at radius 2 is 1.79 bits per heavy atom. The van der Waals surface area contributed by atoms with Crippen LogP contribution in [0.15, 0.2) is 18.2 Å². The van der Waals surface area contributed by atoms with Crippen LogP contribution in [0.5, 0.6) is 0 Å². The molecular formula is C15H24F2N2. The van der Waals surface area contributed by atoms with E-state index in [9.17, 15) is 8.78 Å². The number of hydrogen-bond acceptors (Lipinski definition) is 2. The Morgan fingerprint density at radius 1 is 1.16 bits per heavy atom. The Morgan fingerprint density at radius 3 is 2.21 bits per heavy atom. The summed E-state index contributed by atoms with van der Waals surface area (Å²) in [7, 11) is 0. The quantitative estimate of drug-likeness (QED) is 0.823. The van der Waals surface area contributed by atoms with Gasteiger partial charge in [0.1, 0.15) is 11.6 Å². The summed E-state index contributed by atoms with van der Waals surface area (Å²) in [5.74, 6) is -1.03. The average molecular weight is 270 g/mol. The lowest BCUT2D eigenvalue weighted by molar-refractivity contribution is 0.0816. The molecule has 0 atom stereocenters. The number of rotatable bonds is 7. The van der Waals surface area contributed by atoms with Crippen LogP contribution in [-0.2, 0) is 6.54 Å². The fraction of sp³-hybridized carbons (Fsp3) is 0.600. The molecule has 108 valence electrons. The van der Waals surface area contributed by atoms with Crippen molar-refractivity contribution in [2.45, 2.75) is 45.7 Å². The third-order valence-electron chi connectivity index (χ3n) is 4.13. The van der Waals surface area contributed by atoms with Crippen LogP contribution in [0.3, 0.4) is 0 Å². The fourth-order valence-electron chi connectivity index (χ4n) is 2.59. The average Bonchev–Trinajstić information content (AvgIpc) is 2.42. The molecule has 19 heavy (non-hydrogen) atoms. The second-order valence-corrected chi connectivity index (χ2v) is 4.89. The third-order valence-corrected chi connectivity index (χ3v) is 4.13. The van der Waals surface area contributed by atoms with Gasteiger partial charge in [-0.05, 0) is 25.5 Å². The first-order chi connectivity index (χ1) is 9.02. The smallest absolute Gasteiger partial charge is 0.130 e. The number of hydrogen-bond donors (Lipinski definition) is 1. The number of nitrogens with two attached hydrogens (primary N) is 1. The molecule has 0 aliphatic rings. The predicted octanol–water partition coefficient (Wildman–Crippen LogP) is 3.30. The van der Waals surface area contributed by atoms with E-state index in [1.165, 1.54) is 12.1 Å². The van der Waals surface area contributed by atoms with Crippen molar-refractivity contribution >= 4 is 0 Å². The summed E-state index contributed by atoms with van der Waals surface area (Å²) in [4.78, 5) is 2.18. The van der Waals surface area contributed by atoms with E-state index in [0.29, 0.717) is 18.7 Å². The number of likely N-dealkylation sites (N-methyl/N-ethyl adjacent to an activating group) is 1. The summed E-state index contributed by atoms with van der Waals surface area (Å²) >= 11 is 0. The van der Waals surface area contributed by atoms with Gasteiger partial charge in [-0.3, -0.25) is 4.90 Å². The molecular weight excluding hydrogens is 246 g/mol. The van der Waals surface area contributed by atoms with Gasteiger partial charge in [0.15, 0.2) is 0 Å². The molecule has 4 heteroatoms. The lowest BCUT2D eigenvalue weighted by Crippen LogP contribution is -2.52. The van der Waals surface area contributed by atoms with E-state index in [1.54, 1.807) is 0 Å². The van der Waals surface area contributed by atoms with Gasteiger partial charge in [-0.2, -0.15) is 0 Å². The van der Waals surface area contributed by atoms with Gasteiger partial charge >= 0.3 is 0 Å². The van der Waals surface area contributed by atoms with Crippen molar-refractivity contribution in [1.29, 1.82) is 0 Å². The normalized spacial score (nSPS) is 12.2. The lowest BCUT2D eigenvalue weighted by Gasteiger charge is -2.42. The van der Waals surface area contributed by atoms with E-state index in [2.05, 4.69) is 18.7 Å². The maximum atomic E-state index is 13.7. The van der Waals surface area contributed by atoms with E-state index in [-0.39, 0.29) is 5.54 Å². The summed E-state index contributed by atoms with van der Waals surface area (Å²) in [6.07, 6.45) is 1.83. The van der Waals surface area contributed by atoms with Crippen LogP contribution < -0.4 is 5.73 Å². The summed E-state index contributed by atoms with van der Waals surface area (Å²) in [6.45, 7) is 8.02. The molecule has 0 fully saturated rings. The zero-order chi connectivity index (χ0) is 14.5. The molecule has 0 saturated heterocycles. The molecule has 0 aromatic heterocycles. The zero-order valence-corrected chi connectivity index (χ0v) is 12.0. The Hall–Kier alpha value is -1.00. The van der Waals surface area contributed by atoms with Crippen LogP contribution in [0.2, 0.25) is 0 Å². The molecule has 0 unspecified atom stereocenters. The van der Waals surface area contributed by atoms with Crippen LogP contribution in [-0.4, -0.2) is 23.5 Å². The molecule has 0 aliphatic heterocycles. The first-order valence-electron chi connectivity index (χ1n) is 6.92. The Labute approximate surface area is 114 Å². The molecule has 2 N–H and O–H groups in total. The molecule has 0 radical (unpaired) electrons. The first kappa shape index (κ1) is 16.1. The minimum absolute atomic E-state index is 0.115. The summed E-state index contributed by atoms with van der Waals surface area (Å²) in [5.41, 5.74) is 6.33. The minimum Gasteiger partial charge on any atom is -0.329 e. The van der Waals surface area contributed by atoms with Crippen molar-refractivity contribution in [2.24, 2.45) is 5.73 Å². The van der Waals surface area contributed by atoms with Crippen LogP contribution in [0, 0.1) is 11.6 Å². The standard InChI is InChI=1S/C15H24F2N2/c1-4-15(5-2,11-18)19(6-3)10-12-7-8-13(16)9-14(12)17/h7-9H,4-6,10-11,18H2,1-3H3. The van der Waals surface area contributed by atoms with E-state index in [1.807, 2.05) is 6.92 Å². The van der Waals surface area contributed by atoms with Crippen LogP contribution >= 0.6 is 0 Å². The first-order valence-corrected chi connectivity index (χ1v) is 6.92. The number of nitrogens with zero attached hydrogens (tertiary/aromatic N) is 1. The van der Waals surface area contributed by atoms with E-state index < -0.39 is 11.6 Å². The van der Waals surface area contributed by atoms with Crippen LogP contribution in [0.25, 0.3) is 0 Å². The van der Waals surface area contributed by atoms with Crippen LogP contribution in [0.1, 0.15) is 39.2 Å². The van der Waals surface area contributed by atoms with E-state index in [4.69, 9.17) is 5.73 Å². The second-order valence-electron chi connectivity index (χ2n) is 4.89. The highest BCUT2D eigenvalue weighted by Gasteiger charge is 2.31. The van der Waals surface area contributed by atoms with Gasteiger partial charge in [-0.1, -0.05) is 26.8 Å². The van der Waals surface area contributed by atoms with Crippen molar-refractivity contribution in [2.75, 3.05) is 13.1 Å². The molecule has 1 aromatic carbocycles. The number of halogens is 2. The SMILES string of the molecule is CCN(Cc1ccc(F)cc1F)C(CC)(CC)CN. The second kappa shape index (κ2) is 6.96. The summed E-state index contributed by atoms with van der Waals surface area (Å²) in [5, 5.41) is 0. The lowest BCUT2D eigenvalue weighted by atomic mass is 9.90. The minimum atomic E-state index is -0.541. The molecule has 0 aliphatic carbocycles. The van der Waals surface area contributed by atoms with Gasteiger partial charge in [0.2, 0.25) is 0 Å². The molecule has 0 bridgehead atoms. The molecule has 1 aromatic rings. The highest BCUT2D eigenvalue weighted by atomic mass is 19.1. The Balaban J connectivity index is 2.98. The van der Waals surface area contributed by atoms with Crippen molar-refractivity contribution < 1.29 is 8.78 Å². The third kappa shape index (κ3) is 3.51. The van der Waals surface area contributed by atoms with Crippen molar-refractivity contribution in [3.8, 4) is 0 Å². The van der Waals surface area contributed by atoms with Crippen molar-refractivity contribution in [3.63, 3.8) is 0 Å². The maximum absolute atomic E-state index is 13.7.